The minimum Gasteiger partial charge on any atom is -0.383 e. The molecule has 0 radical (unpaired) electrons. The van der Waals surface area contributed by atoms with Gasteiger partial charge in [-0.3, -0.25) is 0 Å². The number of nitrogens with zero attached hydrogens (tertiary/aromatic N) is 5. The van der Waals surface area contributed by atoms with Crippen molar-refractivity contribution in [1.82, 2.24) is 20.1 Å². The number of nitrogens with two attached hydrogens (primary N) is 1. The quantitative estimate of drug-likeness (QED) is 0.836. The molecule has 0 aliphatic carbocycles. The minimum absolute atomic E-state index is 0.0814. The summed E-state index contributed by atoms with van der Waals surface area (Å²) in [7, 11) is 0. The van der Waals surface area contributed by atoms with E-state index in [9.17, 15) is 0 Å². The van der Waals surface area contributed by atoms with E-state index >= 15 is 0 Å². The van der Waals surface area contributed by atoms with E-state index in [0.29, 0.717) is 23.6 Å². The smallest absolute Gasteiger partial charge is 0.265 e. The molecule has 2 heterocycles. The van der Waals surface area contributed by atoms with Gasteiger partial charge in [-0.1, -0.05) is 5.16 Å². The number of nitrogen functional groups attached to an aromatic ring is 1. The van der Waals surface area contributed by atoms with Crippen LogP contribution >= 0.6 is 0 Å². The lowest BCUT2D eigenvalue weighted by Gasteiger charge is -2.13. The van der Waals surface area contributed by atoms with Crippen molar-refractivity contribution in [2.24, 2.45) is 0 Å². The molecule has 0 aromatic carbocycles. The Labute approximate surface area is 109 Å². The highest BCUT2D eigenvalue weighted by Crippen LogP contribution is 2.29. The van der Waals surface area contributed by atoms with Crippen LogP contribution in [0.4, 0.5) is 11.6 Å². The molecule has 0 fully saturated rings. The maximum Gasteiger partial charge on any atom is 0.265 e. The number of hydrogen-bond donors (Lipinski definition) is 2. The SMILES string of the molecule is Cc1noc(-c2c(N)ncnc2NC(C)CC#N)n1. The van der Waals surface area contributed by atoms with E-state index in [1.807, 2.05) is 6.92 Å². The molecule has 8 nitrogen and oxygen atoms in total. The van der Waals surface area contributed by atoms with Gasteiger partial charge in [-0.05, 0) is 13.8 Å². The Morgan fingerprint density at radius 1 is 1.53 bits per heavy atom. The van der Waals surface area contributed by atoms with Gasteiger partial charge in [-0.15, -0.1) is 0 Å². The van der Waals surface area contributed by atoms with Crippen molar-refractivity contribution in [3.8, 4) is 17.5 Å². The number of aromatic nitrogens is 4. The second kappa shape index (κ2) is 5.30. The molecule has 8 heteroatoms. The van der Waals surface area contributed by atoms with E-state index < -0.39 is 0 Å². The largest absolute Gasteiger partial charge is 0.383 e. The van der Waals surface area contributed by atoms with Gasteiger partial charge in [0, 0.05) is 6.04 Å². The predicted molar refractivity (Wildman–Crippen MR) is 67.8 cm³/mol. The van der Waals surface area contributed by atoms with Crippen molar-refractivity contribution in [2.75, 3.05) is 11.1 Å². The first kappa shape index (κ1) is 12.8. The van der Waals surface area contributed by atoms with E-state index in [1.54, 1.807) is 6.92 Å². The molecule has 0 spiro atoms. The molecule has 1 unspecified atom stereocenters. The minimum atomic E-state index is -0.0814. The molecular weight excluding hydrogens is 246 g/mol. The van der Waals surface area contributed by atoms with E-state index in [-0.39, 0.29) is 17.8 Å². The Morgan fingerprint density at radius 2 is 2.32 bits per heavy atom. The van der Waals surface area contributed by atoms with E-state index in [4.69, 9.17) is 15.5 Å². The van der Waals surface area contributed by atoms with Crippen molar-refractivity contribution in [3.05, 3.63) is 12.2 Å². The number of rotatable bonds is 4. The van der Waals surface area contributed by atoms with Gasteiger partial charge >= 0.3 is 0 Å². The molecule has 0 saturated heterocycles. The van der Waals surface area contributed by atoms with Gasteiger partial charge in [0.15, 0.2) is 5.82 Å². The van der Waals surface area contributed by atoms with Gasteiger partial charge in [-0.2, -0.15) is 10.2 Å². The van der Waals surface area contributed by atoms with Crippen molar-refractivity contribution in [1.29, 1.82) is 5.26 Å². The summed E-state index contributed by atoms with van der Waals surface area (Å²) in [6, 6.07) is 2.00. The molecule has 0 aliphatic rings. The fourth-order valence-corrected chi connectivity index (χ4v) is 1.54. The fourth-order valence-electron chi connectivity index (χ4n) is 1.54. The maximum atomic E-state index is 8.67. The number of aryl methyl sites for hydroxylation is 1. The molecule has 0 saturated carbocycles. The average Bonchev–Trinajstić information content (AvgIpc) is 2.76. The van der Waals surface area contributed by atoms with Crippen molar-refractivity contribution < 1.29 is 4.52 Å². The lowest BCUT2D eigenvalue weighted by Crippen LogP contribution is -2.16. The van der Waals surface area contributed by atoms with E-state index in [2.05, 4.69) is 31.5 Å². The third kappa shape index (κ3) is 2.77. The summed E-state index contributed by atoms with van der Waals surface area (Å²) in [5.41, 5.74) is 6.28. The number of nitrogens with one attached hydrogen (secondary N) is 1. The number of nitriles is 1. The van der Waals surface area contributed by atoms with Gasteiger partial charge < -0.3 is 15.6 Å². The van der Waals surface area contributed by atoms with E-state index in [0.717, 1.165) is 0 Å². The summed E-state index contributed by atoms with van der Waals surface area (Å²) in [5, 5.41) is 15.5. The normalized spacial score (nSPS) is 11.8. The van der Waals surface area contributed by atoms with Gasteiger partial charge in [0.25, 0.3) is 5.89 Å². The lowest BCUT2D eigenvalue weighted by atomic mass is 10.2. The summed E-state index contributed by atoms with van der Waals surface area (Å²) < 4.78 is 5.09. The molecule has 0 aliphatic heterocycles. The standard InChI is InChI=1S/C11H13N7O/c1-6(3-4-12)16-10-8(9(13)14-5-15-10)11-17-7(2)18-19-11/h5-6H,3H2,1-2H3,(H3,13,14,15,16). The Balaban J connectivity index is 2.39. The molecule has 2 rings (SSSR count). The molecule has 98 valence electrons. The first-order valence-corrected chi connectivity index (χ1v) is 5.66. The molecular formula is C11H13N7O. The monoisotopic (exact) mass is 259 g/mol. The molecule has 3 N–H and O–H groups in total. The summed E-state index contributed by atoms with van der Waals surface area (Å²) >= 11 is 0. The lowest BCUT2D eigenvalue weighted by molar-refractivity contribution is 0.425. The summed E-state index contributed by atoms with van der Waals surface area (Å²) in [6.07, 6.45) is 1.68. The molecule has 0 bridgehead atoms. The zero-order chi connectivity index (χ0) is 13.8. The fraction of sp³-hybridized carbons (Fsp3) is 0.364. The summed E-state index contributed by atoms with van der Waals surface area (Å²) in [5.74, 6) is 1.46. The third-order valence-electron chi connectivity index (χ3n) is 2.40. The number of anilines is 2. The second-order valence-electron chi connectivity index (χ2n) is 4.04. The van der Waals surface area contributed by atoms with Gasteiger partial charge in [0.1, 0.15) is 23.5 Å². The summed E-state index contributed by atoms with van der Waals surface area (Å²) in [6.45, 7) is 3.57. The number of hydrogen-bond acceptors (Lipinski definition) is 8. The van der Waals surface area contributed by atoms with Crippen LogP contribution in [0.3, 0.4) is 0 Å². The Kier molecular flexibility index (Phi) is 3.56. The zero-order valence-corrected chi connectivity index (χ0v) is 10.6. The van der Waals surface area contributed by atoms with Gasteiger partial charge in [-0.25, -0.2) is 9.97 Å². The van der Waals surface area contributed by atoms with Gasteiger partial charge in [0.2, 0.25) is 0 Å². The average molecular weight is 259 g/mol. The van der Waals surface area contributed by atoms with Crippen LogP contribution in [0.15, 0.2) is 10.9 Å². The first-order chi connectivity index (χ1) is 9.11. The third-order valence-corrected chi connectivity index (χ3v) is 2.40. The highest BCUT2D eigenvalue weighted by molar-refractivity contribution is 5.78. The molecule has 0 amide bonds. The van der Waals surface area contributed by atoms with Crippen LogP contribution in [0.1, 0.15) is 19.2 Å². The molecule has 19 heavy (non-hydrogen) atoms. The Morgan fingerprint density at radius 3 is 2.95 bits per heavy atom. The van der Waals surface area contributed by atoms with Crippen LogP contribution in [-0.2, 0) is 0 Å². The molecule has 2 aromatic heterocycles. The van der Waals surface area contributed by atoms with Crippen molar-refractivity contribution in [2.45, 2.75) is 26.3 Å². The second-order valence-corrected chi connectivity index (χ2v) is 4.04. The molecule has 1 atom stereocenters. The van der Waals surface area contributed by atoms with Crippen LogP contribution in [0, 0.1) is 18.3 Å². The highest BCUT2D eigenvalue weighted by Gasteiger charge is 2.18. The van der Waals surface area contributed by atoms with Crippen LogP contribution in [-0.4, -0.2) is 26.2 Å². The van der Waals surface area contributed by atoms with Gasteiger partial charge in [0.05, 0.1) is 12.5 Å². The first-order valence-electron chi connectivity index (χ1n) is 5.66. The van der Waals surface area contributed by atoms with Crippen LogP contribution in [0.5, 0.6) is 0 Å². The highest BCUT2D eigenvalue weighted by atomic mass is 16.5. The topological polar surface area (TPSA) is 127 Å². The van der Waals surface area contributed by atoms with Crippen molar-refractivity contribution >= 4 is 11.6 Å². The van der Waals surface area contributed by atoms with Crippen molar-refractivity contribution in [3.63, 3.8) is 0 Å². The Hall–Kier alpha value is -2.69. The maximum absolute atomic E-state index is 8.67. The predicted octanol–water partition coefficient (Wildman–Crippen LogP) is 1.13. The summed E-state index contributed by atoms with van der Waals surface area (Å²) in [4.78, 5) is 12.1. The Bertz CT molecular complexity index is 616. The van der Waals surface area contributed by atoms with E-state index in [1.165, 1.54) is 6.33 Å². The van der Waals surface area contributed by atoms with Crippen LogP contribution in [0.25, 0.3) is 11.5 Å². The molecule has 2 aromatic rings. The van der Waals surface area contributed by atoms with Crippen LogP contribution in [0.2, 0.25) is 0 Å². The van der Waals surface area contributed by atoms with Crippen LogP contribution < -0.4 is 11.1 Å². The zero-order valence-electron chi connectivity index (χ0n) is 10.6.